The van der Waals surface area contributed by atoms with E-state index in [9.17, 15) is 43.2 Å². The number of carbonyl (C=O) groups is 9. The fourth-order valence-electron chi connectivity index (χ4n) is 7.71. The van der Waals surface area contributed by atoms with Crippen molar-refractivity contribution in [1.82, 2.24) is 57.5 Å². The highest BCUT2D eigenvalue weighted by Crippen LogP contribution is 2.19. The van der Waals surface area contributed by atoms with Crippen LogP contribution >= 0.6 is 0 Å². The van der Waals surface area contributed by atoms with Gasteiger partial charge in [0.15, 0.2) is 5.96 Å². The minimum atomic E-state index is -1.38. The van der Waals surface area contributed by atoms with E-state index in [-0.39, 0.29) is 76.8 Å². The second-order valence-electron chi connectivity index (χ2n) is 16.8. The molecule has 0 aliphatic carbocycles. The number of para-hydroxylation sites is 1. The molecule has 0 radical (unpaired) electrons. The first-order valence-corrected chi connectivity index (χ1v) is 22.8. The van der Waals surface area contributed by atoms with Gasteiger partial charge < -0.3 is 69.7 Å². The van der Waals surface area contributed by atoms with Crippen LogP contribution in [0.15, 0.2) is 78.3 Å². The molecule has 1 fully saturated rings. The third-order valence-corrected chi connectivity index (χ3v) is 11.3. The Morgan fingerprint density at radius 3 is 2.19 bits per heavy atom. The first-order valence-electron chi connectivity index (χ1n) is 22.8. The van der Waals surface area contributed by atoms with Gasteiger partial charge in [-0.15, -0.1) is 0 Å². The predicted octanol–water partition coefficient (Wildman–Crippen LogP) is -2.81. The summed E-state index contributed by atoms with van der Waals surface area (Å²) in [5, 5.41) is 21.9. The maximum absolute atomic E-state index is 14.4. The van der Waals surface area contributed by atoms with E-state index in [1.807, 2.05) is 24.3 Å². The summed E-state index contributed by atoms with van der Waals surface area (Å²) in [7, 11) is 0. The largest absolute Gasteiger partial charge is 0.370 e. The van der Waals surface area contributed by atoms with Gasteiger partial charge in [-0.05, 0) is 49.3 Å². The van der Waals surface area contributed by atoms with Crippen LogP contribution in [-0.4, -0.2) is 130 Å². The van der Waals surface area contributed by atoms with Gasteiger partial charge in [0, 0.05) is 74.7 Å². The van der Waals surface area contributed by atoms with Crippen molar-refractivity contribution in [1.29, 1.82) is 0 Å². The zero-order valence-electron chi connectivity index (χ0n) is 38.7. The maximum Gasteiger partial charge on any atom is 0.243 e. The highest BCUT2D eigenvalue weighted by Gasteiger charge is 2.33. The Labute approximate surface area is 402 Å². The number of imidazole rings is 1. The van der Waals surface area contributed by atoms with Gasteiger partial charge in [0.05, 0.1) is 12.9 Å². The molecule has 9 amide bonds. The SMILES string of the molecule is CC(=O)NC(CCCN=C(N)N)C(=O)NC1CCCNC(=O)CCC(C(N)=O)NC(=O)[C@H](Cc2c[nH]c3ccccc23)NC(=O)CNC(=O)C(Cc2ccccc2)NC(=O)[C@H](Cc2cnc[nH]2)NC1=O. The van der Waals surface area contributed by atoms with E-state index < -0.39 is 96.0 Å². The standard InChI is InChI=1S/C46H61N15O9/c1-26(62)56-33(13-8-18-52-46(48)49)42(67)59-34-14-7-17-51-38(63)16-15-32(40(47)65)58-44(69)36(20-28-22-53-31-12-6-5-11-30(28)31)57-39(64)24-54-41(66)35(19-27-9-3-2-4-10-27)60-45(70)37(61-43(34)68)21-29-23-50-25-55-29/h2-6,9-12,22-23,25,32-37,53H,7-8,13-21,24H2,1H3,(H2,47,65)(H,50,55)(H,51,63)(H,54,66)(H,56,62)(H,57,64)(H,58,69)(H,59,67)(H,60,70)(H,61,68)(H4,48,49,52)/t32?,33?,34?,35?,36-,37-/m0/s1. The number of H-pyrrole nitrogens is 2. The number of nitrogens with one attached hydrogen (secondary N) is 10. The van der Waals surface area contributed by atoms with Crippen molar-refractivity contribution in [2.45, 2.75) is 101 Å². The minimum Gasteiger partial charge on any atom is -0.370 e. The Hall–Kier alpha value is -8.31. The number of benzene rings is 2. The average molecular weight is 968 g/mol. The van der Waals surface area contributed by atoms with E-state index in [0.29, 0.717) is 16.8 Å². The van der Waals surface area contributed by atoms with Crippen molar-refractivity contribution >= 4 is 70.0 Å². The van der Waals surface area contributed by atoms with Gasteiger partial charge in [-0.25, -0.2) is 4.98 Å². The van der Waals surface area contributed by atoms with Crippen molar-refractivity contribution < 1.29 is 43.2 Å². The van der Waals surface area contributed by atoms with Crippen LogP contribution in [-0.2, 0) is 62.4 Å². The number of amides is 9. The lowest BCUT2D eigenvalue weighted by Crippen LogP contribution is -2.59. The Morgan fingerprint density at radius 1 is 0.771 bits per heavy atom. The molecule has 1 aliphatic rings. The summed E-state index contributed by atoms with van der Waals surface area (Å²) in [6.45, 7) is 0.695. The molecule has 1 saturated heterocycles. The molecular formula is C46H61N15O9. The van der Waals surface area contributed by atoms with Crippen LogP contribution in [0.2, 0.25) is 0 Å². The number of hydrogen-bond acceptors (Lipinski definition) is 11. The number of rotatable bonds is 14. The van der Waals surface area contributed by atoms with Crippen LogP contribution in [0, 0.1) is 0 Å². The molecule has 4 aromatic rings. The van der Waals surface area contributed by atoms with Crippen LogP contribution in [0.3, 0.4) is 0 Å². The zero-order chi connectivity index (χ0) is 50.6. The van der Waals surface area contributed by atoms with Crippen molar-refractivity contribution in [2.24, 2.45) is 22.2 Å². The quantitative estimate of drug-likeness (QED) is 0.0346. The predicted molar refractivity (Wildman–Crippen MR) is 255 cm³/mol. The molecule has 0 spiro atoms. The molecule has 0 saturated carbocycles. The van der Waals surface area contributed by atoms with Gasteiger partial charge in [0.2, 0.25) is 53.2 Å². The Bertz CT molecular complexity index is 2490. The molecule has 24 heteroatoms. The van der Waals surface area contributed by atoms with E-state index in [1.165, 1.54) is 19.4 Å². The lowest BCUT2D eigenvalue weighted by atomic mass is 10.0. The van der Waals surface area contributed by atoms with Gasteiger partial charge in [-0.3, -0.25) is 48.1 Å². The molecule has 3 heterocycles. The fourth-order valence-corrected chi connectivity index (χ4v) is 7.71. The number of aliphatic imine (C=N–C) groups is 1. The second-order valence-corrected chi connectivity index (χ2v) is 16.8. The highest BCUT2D eigenvalue weighted by atomic mass is 16.2. The maximum atomic E-state index is 14.4. The van der Waals surface area contributed by atoms with Gasteiger partial charge in [-0.1, -0.05) is 48.5 Å². The smallest absolute Gasteiger partial charge is 0.243 e. The highest BCUT2D eigenvalue weighted by molar-refractivity contribution is 5.97. The first-order chi connectivity index (χ1) is 33.6. The van der Waals surface area contributed by atoms with E-state index in [2.05, 4.69) is 62.5 Å². The number of fused-ring (bicyclic) bond motifs is 1. The monoisotopic (exact) mass is 967 g/mol. The van der Waals surface area contributed by atoms with Crippen molar-refractivity contribution in [3.63, 3.8) is 0 Å². The van der Waals surface area contributed by atoms with Crippen molar-refractivity contribution in [2.75, 3.05) is 19.6 Å². The summed E-state index contributed by atoms with van der Waals surface area (Å²) in [5.74, 6) is -6.88. The van der Waals surface area contributed by atoms with Crippen molar-refractivity contribution in [3.05, 3.63) is 90.1 Å². The molecule has 5 rings (SSSR count). The molecule has 70 heavy (non-hydrogen) atoms. The summed E-state index contributed by atoms with van der Waals surface area (Å²) < 4.78 is 0. The molecule has 6 atom stereocenters. The van der Waals surface area contributed by atoms with Gasteiger partial charge >= 0.3 is 0 Å². The summed E-state index contributed by atoms with van der Waals surface area (Å²) in [4.78, 5) is 136. The number of aromatic amines is 2. The van der Waals surface area contributed by atoms with Crippen LogP contribution in [0.1, 0.15) is 62.3 Å². The van der Waals surface area contributed by atoms with Crippen LogP contribution in [0.5, 0.6) is 0 Å². The molecule has 2 aromatic carbocycles. The van der Waals surface area contributed by atoms with E-state index >= 15 is 0 Å². The first kappa shape index (κ1) is 52.7. The average Bonchev–Trinajstić information content (AvgIpc) is 4.00. The normalized spacial score (nSPS) is 20.8. The number of nitrogens with zero attached hydrogens (tertiary/aromatic N) is 2. The number of carbonyl (C=O) groups excluding carboxylic acids is 9. The lowest BCUT2D eigenvalue weighted by Gasteiger charge is -2.26. The molecule has 4 unspecified atom stereocenters. The molecule has 16 N–H and O–H groups in total. The number of hydrogen-bond donors (Lipinski definition) is 13. The summed E-state index contributed by atoms with van der Waals surface area (Å²) in [5.41, 5.74) is 19.0. The Kier molecular flexibility index (Phi) is 19.8. The topological polar surface area (TPSA) is 385 Å². The third kappa shape index (κ3) is 16.8. The van der Waals surface area contributed by atoms with E-state index in [1.54, 1.807) is 36.5 Å². The zero-order valence-corrected chi connectivity index (χ0v) is 38.7. The number of guanidine groups is 1. The molecule has 0 bridgehead atoms. The third-order valence-electron chi connectivity index (χ3n) is 11.3. The van der Waals surface area contributed by atoms with Gasteiger partial charge in [0.25, 0.3) is 0 Å². The fraction of sp³-hybridized carbons (Fsp3) is 0.413. The van der Waals surface area contributed by atoms with Gasteiger partial charge in [0.1, 0.15) is 36.3 Å². The number of aromatic nitrogens is 3. The molecule has 374 valence electrons. The lowest BCUT2D eigenvalue weighted by molar-refractivity contribution is -0.135. The molecule has 2 aromatic heterocycles. The Morgan fingerprint density at radius 2 is 1.47 bits per heavy atom. The molecule has 1 aliphatic heterocycles. The number of nitrogens with two attached hydrogens (primary N) is 3. The van der Waals surface area contributed by atoms with Crippen LogP contribution in [0.4, 0.5) is 0 Å². The Balaban J connectivity index is 1.45. The molecular weight excluding hydrogens is 907 g/mol. The number of primary amides is 1. The van der Waals surface area contributed by atoms with Crippen molar-refractivity contribution in [3.8, 4) is 0 Å². The van der Waals surface area contributed by atoms with Crippen LogP contribution in [0.25, 0.3) is 10.9 Å². The summed E-state index contributed by atoms with van der Waals surface area (Å²) in [6, 6.07) is 8.23. The van der Waals surface area contributed by atoms with E-state index in [4.69, 9.17) is 17.2 Å². The second kappa shape index (κ2) is 26.3. The summed E-state index contributed by atoms with van der Waals surface area (Å²) >= 11 is 0. The minimum absolute atomic E-state index is 0.0210. The summed E-state index contributed by atoms with van der Waals surface area (Å²) in [6.07, 6.45) is 4.13. The van der Waals surface area contributed by atoms with Gasteiger partial charge in [-0.2, -0.15) is 0 Å². The van der Waals surface area contributed by atoms with E-state index in [0.717, 1.165) is 10.9 Å². The molecule has 24 nitrogen and oxygen atoms in total. The van der Waals surface area contributed by atoms with Crippen LogP contribution < -0.4 is 59.7 Å².